The minimum atomic E-state index is -0.0297. The third-order valence-electron chi connectivity index (χ3n) is 4.31. The average molecular weight is 417 g/mol. The van der Waals surface area contributed by atoms with Crippen LogP contribution in [0, 0.1) is 6.92 Å². The number of fused-ring (bicyclic) bond motifs is 1. The van der Waals surface area contributed by atoms with E-state index < -0.39 is 0 Å². The van der Waals surface area contributed by atoms with Crippen LogP contribution in [0.3, 0.4) is 0 Å². The Balaban J connectivity index is 1.90. The maximum absolute atomic E-state index is 13.1. The molecule has 28 heavy (non-hydrogen) atoms. The van der Waals surface area contributed by atoms with Crippen LogP contribution < -0.4 is 5.56 Å². The summed E-state index contributed by atoms with van der Waals surface area (Å²) in [6.45, 7) is 7.29. The maximum Gasteiger partial charge on any atom is 0.262 e. The van der Waals surface area contributed by atoms with Gasteiger partial charge in [0.2, 0.25) is 0 Å². The number of ether oxygens (including phenoxy) is 1. The van der Waals surface area contributed by atoms with Crippen molar-refractivity contribution in [3.05, 3.63) is 69.0 Å². The number of halogens is 1. The normalized spacial score (nSPS) is 11.5. The van der Waals surface area contributed by atoms with Crippen LogP contribution in [0.4, 0.5) is 0 Å². The molecule has 4 nitrogen and oxygen atoms in total. The lowest BCUT2D eigenvalue weighted by Gasteiger charge is -2.14. The predicted molar refractivity (Wildman–Crippen MR) is 117 cm³/mol. The fraction of sp³-hybridized carbons (Fsp3) is 0.364. The van der Waals surface area contributed by atoms with Gasteiger partial charge in [0.15, 0.2) is 5.16 Å². The molecule has 0 bridgehead atoms. The lowest BCUT2D eigenvalue weighted by atomic mass is 10.2. The quantitative estimate of drug-likeness (QED) is 0.277. The molecular formula is C22H25ClN2O2S. The van der Waals surface area contributed by atoms with Gasteiger partial charge in [0, 0.05) is 23.9 Å². The first-order valence-corrected chi connectivity index (χ1v) is 10.8. The smallest absolute Gasteiger partial charge is 0.262 e. The highest BCUT2D eigenvalue weighted by Gasteiger charge is 2.12. The van der Waals surface area contributed by atoms with Gasteiger partial charge in [-0.3, -0.25) is 9.36 Å². The Morgan fingerprint density at radius 1 is 1.21 bits per heavy atom. The van der Waals surface area contributed by atoms with Crippen molar-refractivity contribution in [3.8, 4) is 0 Å². The average Bonchev–Trinajstić information content (AvgIpc) is 2.64. The Bertz CT molecular complexity index is 1020. The molecule has 2 aromatic carbocycles. The summed E-state index contributed by atoms with van der Waals surface area (Å²) in [7, 11) is 0. The van der Waals surface area contributed by atoms with E-state index >= 15 is 0 Å². The van der Waals surface area contributed by atoms with E-state index in [1.54, 1.807) is 34.5 Å². The summed E-state index contributed by atoms with van der Waals surface area (Å²) in [6, 6.07) is 13.6. The van der Waals surface area contributed by atoms with E-state index in [-0.39, 0.29) is 11.7 Å². The second-order valence-electron chi connectivity index (χ2n) is 7.06. The molecule has 0 aliphatic rings. The monoisotopic (exact) mass is 416 g/mol. The van der Waals surface area contributed by atoms with Crippen molar-refractivity contribution in [1.82, 2.24) is 9.55 Å². The number of aromatic nitrogens is 2. The van der Waals surface area contributed by atoms with Gasteiger partial charge in [-0.15, -0.1) is 0 Å². The molecule has 0 radical (unpaired) electrons. The largest absolute Gasteiger partial charge is 0.379 e. The lowest BCUT2D eigenvalue weighted by Crippen LogP contribution is -2.24. The van der Waals surface area contributed by atoms with E-state index in [2.05, 4.69) is 31.2 Å². The van der Waals surface area contributed by atoms with Gasteiger partial charge in [0.05, 0.1) is 17.0 Å². The van der Waals surface area contributed by atoms with Crippen molar-refractivity contribution >= 4 is 34.3 Å². The molecule has 0 fully saturated rings. The summed E-state index contributed by atoms with van der Waals surface area (Å²) in [5.74, 6) is 0.753. The number of benzene rings is 2. The molecule has 6 heteroatoms. The van der Waals surface area contributed by atoms with Crippen molar-refractivity contribution in [2.75, 3.05) is 6.61 Å². The zero-order valence-corrected chi connectivity index (χ0v) is 18.0. The summed E-state index contributed by atoms with van der Waals surface area (Å²) in [5.41, 5.74) is 3.04. The summed E-state index contributed by atoms with van der Waals surface area (Å²) >= 11 is 7.69. The molecule has 3 aromatic rings. The molecule has 0 spiro atoms. The van der Waals surface area contributed by atoms with E-state index in [0.29, 0.717) is 34.2 Å². The van der Waals surface area contributed by atoms with E-state index in [9.17, 15) is 4.79 Å². The zero-order chi connectivity index (χ0) is 20.1. The van der Waals surface area contributed by atoms with Gasteiger partial charge in [-0.1, -0.05) is 53.2 Å². The first kappa shape index (κ1) is 20.9. The summed E-state index contributed by atoms with van der Waals surface area (Å²) in [4.78, 5) is 17.8. The van der Waals surface area contributed by atoms with Crippen LogP contribution in [0.25, 0.3) is 10.9 Å². The molecule has 0 aliphatic carbocycles. The van der Waals surface area contributed by atoms with Gasteiger partial charge in [-0.25, -0.2) is 4.98 Å². The standard InChI is InChI=1S/C22H25ClN2O2S/c1-15(2)27-11-5-10-25-21(26)19-9-8-18(23)13-20(19)24-22(25)28-14-17-7-4-6-16(3)12-17/h4,6-9,12-13,15H,5,10-11,14H2,1-3H3. The molecule has 0 saturated carbocycles. The van der Waals surface area contributed by atoms with Crippen molar-refractivity contribution in [2.45, 2.75) is 50.8 Å². The zero-order valence-electron chi connectivity index (χ0n) is 16.4. The first-order chi connectivity index (χ1) is 13.4. The maximum atomic E-state index is 13.1. The van der Waals surface area contributed by atoms with Crippen LogP contribution in [-0.2, 0) is 17.0 Å². The van der Waals surface area contributed by atoms with Gasteiger partial charge in [0.1, 0.15) is 0 Å². The Morgan fingerprint density at radius 2 is 2.04 bits per heavy atom. The van der Waals surface area contributed by atoms with Gasteiger partial charge >= 0.3 is 0 Å². The fourth-order valence-corrected chi connectivity index (χ4v) is 4.11. The van der Waals surface area contributed by atoms with Crippen LogP contribution in [0.15, 0.2) is 52.4 Å². The van der Waals surface area contributed by atoms with Crippen LogP contribution in [-0.4, -0.2) is 22.3 Å². The van der Waals surface area contributed by atoms with Crippen LogP contribution >= 0.6 is 23.4 Å². The Kier molecular flexibility index (Phi) is 7.16. The van der Waals surface area contributed by atoms with Gasteiger partial charge in [0.25, 0.3) is 5.56 Å². The fourth-order valence-electron chi connectivity index (χ4n) is 2.97. The molecule has 1 heterocycles. The third kappa shape index (κ3) is 5.37. The summed E-state index contributed by atoms with van der Waals surface area (Å²) in [5, 5.41) is 1.89. The van der Waals surface area contributed by atoms with E-state index in [1.807, 2.05) is 13.8 Å². The molecule has 1 aromatic heterocycles. The molecule has 0 amide bonds. The van der Waals surface area contributed by atoms with E-state index in [4.69, 9.17) is 21.3 Å². The highest BCUT2D eigenvalue weighted by Crippen LogP contribution is 2.24. The predicted octanol–water partition coefficient (Wildman–Crippen LogP) is 5.47. The van der Waals surface area contributed by atoms with Crippen molar-refractivity contribution in [1.29, 1.82) is 0 Å². The third-order valence-corrected chi connectivity index (χ3v) is 5.59. The Morgan fingerprint density at radius 3 is 2.79 bits per heavy atom. The molecular weight excluding hydrogens is 392 g/mol. The number of rotatable bonds is 8. The second kappa shape index (κ2) is 9.59. The van der Waals surface area contributed by atoms with Gasteiger partial charge in [-0.05, 0) is 51.0 Å². The van der Waals surface area contributed by atoms with Crippen molar-refractivity contribution in [2.24, 2.45) is 0 Å². The number of nitrogens with zero attached hydrogens (tertiary/aromatic N) is 2. The van der Waals surface area contributed by atoms with Crippen molar-refractivity contribution in [3.63, 3.8) is 0 Å². The molecule has 148 valence electrons. The van der Waals surface area contributed by atoms with E-state index in [0.717, 1.165) is 12.2 Å². The van der Waals surface area contributed by atoms with Crippen molar-refractivity contribution < 1.29 is 4.74 Å². The van der Waals surface area contributed by atoms with Gasteiger partial charge in [-0.2, -0.15) is 0 Å². The lowest BCUT2D eigenvalue weighted by molar-refractivity contribution is 0.0743. The van der Waals surface area contributed by atoms with E-state index in [1.165, 1.54) is 11.1 Å². The molecule has 0 atom stereocenters. The highest BCUT2D eigenvalue weighted by molar-refractivity contribution is 7.98. The molecule has 0 aliphatic heterocycles. The van der Waals surface area contributed by atoms with Crippen LogP contribution in [0.1, 0.15) is 31.4 Å². The first-order valence-electron chi connectivity index (χ1n) is 9.44. The SMILES string of the molecule is Cc1cccc(CSc2nc3cc(Cl)ccc3c(=O)n2CCCOC(C)C)c1. The topological polar surface area (TPSA) is 44.1 Å². The van der Waals surface area contributed by atoms with Crippen LogP contribution in [0.2, 0.25) is 5.02 Å². The number of aryl methyl sites for hydroxylation is 1. The Labute approximate surface area is 174 Å². The minimum absolute atomic E-state index is 0.0297. The number of hydrogen-bond acceptors (Lipinski definition) is 4. The highest BCUT2D eigenvalue weighted by atomic mass is 35.5. The molecule has 0 unspecified atom stereocenters. The summed E-state index contributed by atoms with van der Waals surface area (Å²) < 4.78 is 7.39. The second-order valence-corrected chi connectivity index (χ2v) is 8.44. The summed E-state index contributed by atoms with van der Waals surface area (Å²) in [6.07, 6.45) is 0.945. The molecule has 0 N–H and O–H groups in total. The number of thioether (sulfide) groups is 1. The van der Waals surface area contributed by atoms with Gasteiger partial charge < -0.3 is 4.74 Å². The molecule has 3 rings (SSSR count). The Hall–Kier alpha value is -1.82. The minimum Gasteiger partial charge on any atom is -0.379 e. The number of hydrogen-bond donors (Lipinski definition) is 0. The molecule has 0 saturated heterocycles. The van der Waals surface area contributed by atoms with Crippen LogP contribution in [0.5, 0.6) is 0 Å².